The van der Waals surface area contributed by atoms with Crippen molar-refractivity contribution >= 4 is 0 Å². The van der Waals surface area contributed by atoms with Gasteiger partial charge in [0.05, 0.1) is 0 Å². The Hall–Kier alpha value is -5.42. The molecule has 21 atom stereocenters. The fourth-order valence-corrected chi connectivity index (χ4v) is 25.1. The van der Waals surface area contributed by atoms with E-state index in [1.54, 1.807) is 16.7 Å². The van der Waals surface area contributed by atoms with E-state index in [9.17, 15) is 0 Å². The monoisotopic (exact) mass is 1160 g/mol. The summed E-state index contributed by atoms with van der Waals surface area (Å²) in [5.74, 6) is 31.7. The molecule has 0 nitrogen and oxygen atoms in total. The normalized spacial score (nSPS) is 40.6. The Morgan fingerprint density at radius 2 is 0.898 bits per heavy atom. The quantitative estimate of drug-likeness (QED) is 0.168. The molecule has 0 heteroatoms. The second kappa shape index (κ2) is 27.6. The average Bonchev–Trinajstić information content (AvgIpc) is 3.04. The summed E-state index contributed by atoms with van der Waals surface area (Å²) in [7, 11) is 0. The number of hydrogen-bond donors (Lipinski definition) is 0. The van der Waals surface area contributed by atoms with E-state index in [-0.39, 0.29) is 0 Å². The molecule has 0 amide bonds. The highest BCUT2D eigenvalue weighted by molar-refractivity contribution is 5.49. The maximum atomic E-state index is 5.84. The lowest BCUT2D eigenvalue weighted by Gasteiger charge is -2.52. The van der Waals surface area contributed by atoms with Crippen LogP contribution in [-0.4, -0.2) is 0 Å². The van der Waals surface area contributed by atoms with E-state index in [4.69, 9.17) is 12.8 Å². The zero-order chi connectivity index (χ0) is 60.4. The standard InChI is InChI=1S/C22H28.3C22H26/c4*1-3-6-15-13-16(4-2)19-11-12-20-18-8-5-7-17(18)9-10-21(20)22(19)14-15/h17-22H,1-2,5,7-14H2;2,14,17-18,20-22H,5,7-13H2,1H3;11,17-18,20-22H,1-2,5,7-10,12-14H2;2,17-18,20-22H,1,5,7-14H2. The molecular formula is C88H106. The molecule has 0 spiro atoms. The molecule has 16 aliphatic rings. The number of hydrogen-bond acceptors (Lipinski definition) is 0. The summed E-state index contributed by atoms with van der Waals surface area (Å²) in [6.07, 6.45) is 63.2. The Morgan fingerprint density at radius 3 is 1.48 bits per heavy atom. The van der Waals surface area contributed by atoms with Gasteiger partial charge in [0.1, 0.15) is 0 Å². The molecule has 0 heterocycles. The van der Waals surface area contributed by atoms with Crippen LogP contribution in [0.4, 0.5) is 0 Å². The first-order valence-corrected chi connectivity index (χ1v) is 36.6. The van der Waals surface area contributed by atoms with E-state index < -0.39 is 0 Å². The molecule has 88 heavy (non-hydrogen) atoms. The van der Waals surface area contributed by atoms with E-state index in [0.29, 0.717) is 17.8 Å². The van der Waals surface area contributed by atoms with Gasteiger partial charge in [-0.2, -0.15) is 0 Å². The third-order valence-corrected chi connectivity index (χ3v) is 28.3. The summed E-state index contributed by atoms with van der Waals surface area (Å²) in [6, 6.07) is 0. The number of allylic oxidation sites excluding steroid dienone is 13. The van der Waals surface area contributed by atoms with Gasteiger partial charge in [0.25, 0.3) is 0 Å². The highest BCUT2D eigenvalue weighted by Crippen LogP contribution is 2.63. The topological polar surface area (TPSA) is 0 Å². The molecule has 0 N–H and O–H groups in total. The second-order valence-electron chi connectivity index (χ2n) is 31.4. The molecular weight excluding hydrogens is 1060 g/mol. The number of fused-ring (bicyclic) bond motifs is 20. The molecule has 0 aromatic rings. The van der Waals surface area contributed by atoms with Crippen LogP contribution in [0.15, 0.2) is 152 Å². The van der Waals surface area contributed by atoms with Gasteiger partial charge in [0.2, 0.25) is 0 Å². The molecule has 458 valence electrons. The van der Waals surface area contributed by atoms with Crippen LogP contribution < -0.4 is 0 Å². The van der Waals surface area contributed by atoms with Crippen molar-refractivity contribution in [3.63, 3.8) is 0 Å². The maximum Gasteiger partial charge on any atom is 0.0131 e. The molecule has 21 unspecified atom stereocenters. The Morgan fingerprint density at radius 1 is 0.409 bits per heavy atom. The minimum atomic E-state index is 0.607. The van der Waals surface area contributed by atoms with Gasteiger partial charge in [-0.05, 0) is 314 Å². The summed E-state index contributed by atoms with van der Waals surface area (Å²) in [6.45, 7) is 21.0. The summed E-state index contributed by atoms with van der Waals surface area (Å²) >= 11 is 0. The summed E-state index contributed by atoms with van der Waals surface area (Å²) < 4.78 is 0. The van der Waals surface area contributed by atoms with E-state index in [1.807, 2.05) is 6.92 Å². The summed E-state index contributed by atoms with van der Waals surface area (Å²) in [5, 5.41) is 0. The minimum absolute atomic E-state index is 0.607. The lowest BCUT2D eigenvalue weighted by molar-refractivity contribution is 0.00381. The Kier molecular flexibility index (Phi) is 19.3. The average molecular weight is 1160 g/mol. The Labute approximate surface area is 535 Å². The van der Waals surface area contributed by atoms with Crippen LogP contribution >= 0.6 is 0 Å². The minimum Gasteiger partial charge on any atom is -0.129 e. The van der Waals surface area contributed by atoms with Gasteiger partial charge in [-0.25, -0.2) is 0 Å². The first kappa shape index (κ1) is 61.4. The first-order valence-electron chi connectivity index (χ1n) is 36.6. The molecule has 16 aliphatic carbocycles. The predicted octanol–water partition coefficient (Wildman–Crippen LogP) is 22.1. The van der Waals surface area contributed by atoms with Crippen molar-refractivity contribution < 1.29 is 0 Å². The smallest absolute Gasteiger partial charge is 0.0131 e. The van der Waals surface area contributed by atoms with Crippen molar-refractivity contribution in [3.05, 3.63) is 152 Å². The van der Waals surface area contributed by atoms with Gasteiger partial charge < -0.3 is 0 Å². The second-order valence-corrected chi connectivity index (χ2v) is 31.4. The van der Waals surface area contributed by atoms with Gasteiger partial charge >= 0.3 is 0 Å². The van der Waals surface area contributed by atoms with Crippen molar-refractivity contribution in [2.45, 2.75) is 225 Å². The fraction of sp³-hybridized carbons (Fsp3) is 0.636. The van der Waals surface area contributed by atoms with Crippen LogP contribution in [0.5, 0.6) is 0 Å². The van der Waals surface area contributed by atoms with E-state index in [1.165, 1.54) is 231 Å². The Bertz CT molecular complexity index is 3390. The molecule has 16 rings (SSSR count). The van der Waals surface area contributed by atoms with Gasteiger partial charge in [-0.1, -0.05) is 140 Å². The van der Waals surface area contributed by atoms with Crippen molar-refractivity contribution in [1.82, 2.24) is 0 Å². The molecule has 0 aromatic carbocycles. The maximum absolute atomic E-state index is 5.84. The lowest BCUT2D eigenvalue weighted by atomic mass is 9.52. The van der Waals surface area contributed by atoms with E-state index >= 15 is 0 Å². The van der Waals surface area contributed by atoms with Crippen LogP contribution in [0.1, 0.15) is 225 Å². The van der Waals surface area contributed by atoms with E-state index in [0.717, 1.165) is 139 Å². The van der Waals surface area contributed by atoms with Gasteiger partial charge in [0.15, 0.2) is 0 Å². The van der Waals surface area contributed by atoms with Crippen LogP contribution in [0.25, 0.3) is 0 Å². The third-order valence-electron chi connectivity index (χ3n) is 28.3. The van der Waals surface area contributed by atoms with Crippen molar-refractivity contribution in [2.75, 3.05) is 0 Å². The van der Waals surface area contributed by atoms with Crippen LogP contribution in [0, 0.1) is 161 Å². The third kappa shape index (κ3) is 12.0. The zero-order valence-electron chi connectivity index (χ0n) is 54.5. The van der Waals surface area contributed by atoms with Gasteiger partial charge in [0, 0.05) is 53.9 Å². The molecule has 13 fully saturated rings. The van der Waals surface area contributed by atoms with Crippen molar-refractivity contribution in [3.8, 4) is 36.5 Å². The lowest BCUT2D eigenvalue weighted by Crippen LogP contribution is -2.44. The molecule has 0 saturated heterocycles. The van der Waals surface area contributed by atoms with E-state index in [2.05, 4.69) is 115 Å². The van der Waals surface area contributed by atoms with Crippen LogP contribution in [0.2, 0.25) is 0 Å². The molecule has 0 bridgehead atoms. The predicted molar refractivity (Wildman–Crippen MR) is 365 cm³/mol. The van der Waals surface area contributed by atoms with Gasteiger partial charge in [-0.15, -0.1) is 30.2 Å². The largest absolute Gasteiger partial charge is 0.129 e. The summed E-state index contributed by atoms with van der Waals surface area (Å²) in [4.78, 5) is 0. The number of terminal acetylenes is 2. The number of rotatable bonds is 0. The molecule has 0 radical (unpaired) electrons. The van der Waals surface area contributed by atoms with Gasteiger partial charge in [-0.3, -0.25) is 0 Å². The van der Waals surface area contributed by atoms with Crippen molar-refractivity contribution in [1.29, 1.82) is 0 Å². The zero-order valence-corrected chi connectivity index (χ0v) is 54.5. The molecule has 0 aromatic heterocycles. The highest BCUT2D eigenvalue weighted by Gasteiger charge is 2.53. The summed E-state index contributed by atoms with van der Waals surface area (Å²) in [5.41, 5.74) is 40.4. The van der Waals surface area contributed by atoms with Crippen LogP contribution in [0.3, 0.4) is 0 Å². The SMILES string of the molecule is C#CC1=C2CCC3C4CCCC4CCC3C2C=C(C#CC)C1.C#CC1=C2CCC3C4CCCC4CCC3C2CC(=C=C=C)C1.C=C=C=C1CC(=C=C)C2=CCC3C4CCCC4CCC3C2C1.C=C=C=C1CC(=C=C)C2CCC3C4CCCC4CCC3C2C1. The van der Waals surface area contributed by atoms with Crippen LogP contribution in [-0.2, 0) is 0 Å². The molecule has 13 saturated carbocycles. The highest BCUT2D eigenvalue weighted by atomic mass is 14.6. The van der Waals surface area contributed by atoms with Crippen molar-refractivity contribution in [2.24, 2.45) is 124 Å². The molecule has 0 aliphatic heterocycles. The first-order chi connectivity index (χ1) is 43.3. The fourth-order valence-electron chi connectivity index (χ4n) is 25.1. The Balaban J connectivity index is 0.000000108.